The molecular weight excluding hydrogens is 202 g/mol. The summed E-state index contributed by atoms with van der Waals surface area (Å²) in [5.74, 6) is 2.57. The zero-order chi connectivity index (χ0) is 10.7. The van der Waals surface area contributed by atoms with Crippen molar-refractivity contribution in [1.29, 1.82) is 0 Å². The third-order valence-electron chi connectivity index (χ3n) is 3.03. The van der Waals surface area contributed by atoms with Crippen molar-refractivity contribution in [2.45, 2.75) is 32.7 Å². The van der Waals surface area contributed by atoms with Crippen LogP contribution in [0, 0.1) is 6.92 Å². The van der Waals surface area contributed by atoms with E-state index in [0.717, 1.165) is 6.42 Å². The van der Waals surface area contributed by atoms with Crippen molar-refractivity contribution in [3.05, 3.63) is 29.3 Å². The van der Waals surface area contributed by atoms with E-state index in [4.69, 9.17) is 0 Å². The van der Waals surface area contributed by atoms with E-state index < -0.39 is 0 Å². The van der Waals surface area contributed by atoms with Gasteiger partial charge >= 0.3 is 0 Å². The van der Waals surface area contributed by atoms with Gasteiger partial charge in [-0.1, -0.05) is 13.0 Å². The number of hydrogen-bond donors (Lipinski definition) is 1. The molecule has 1 aliphatic heterocycles. The molecule has 0 aliphatic carbocycles. The van der Waals surface area contributed by atoms with Gasteiger partial charge in [-0.2, -0.15) is 11.8 Å². The van der Waals surface area contributed by atoms with Crippen LogP contribution in [-0.2, 0) is 6.42 Å². The van der Waals surface area contributed by atoms with Crippen molar-refractivity contribution in [3.63, 3.8) is 0 Å². The second kappa shape index (κ2) is 4.93. The van der Waals surface area contributed by atoms with Crippen LogP contribution >= 0.6 is 11.8 Å². The van der Waals surface area contributed by atoms with Crippen LogP contribution < -0.4 is 5.32 Å². The average molecular weight is 221 g/mol. The fourth-order valence-electron chi connectivity index (χ4n) is 2.03. The lowest BCUT2D eigenvalue weighted by Crippen LogP contribution is -2.18. The van der Waals surface area contributed by atoms with Gasteiger partial charge in [0.2, 0.25) is 0 Å². The summed E-state index contributed by atoms with van der Waals surface area (Å²) in [6.45, 7) is 4.41. The van der Waals surface area contributed by atoms with Crippen molar-refractivity contribution in [1.82, 2.24) is 0 Å². The van der Waals surface area contributed by atoms with Crippen molar-refractivity contribution >= 4 is 17.4 Å². The number of benzene rings is 1. The molecule has 1 aromatic carbocycles. The number of nitrogens with one attached hydrogen (secondary N) is 1. The molecule has 1 nitrogen and oxygen atoms in total. The van der Waals surface area contributed by atoms with E-state index in [1.54, 1.807) is 0 Å². The van der Waals surface area contributed by atoms with E-state index in [-0.39, 0.29) is 0 Å². The van der Waals surface area contributed by atoms with Gasteiger partial charge in [0.15, 0.2) is 0 Å². The molecule has 2 heteroatoms. The molecule has 1 fully saturated rings. The van der Waals surface area contributed by atoms with Gasteiger partial charge in [-0.15, -0.1) is 0 Å². The van der Waals surface area contributed by atoms with E-state index in [1.807, 2.05) is 0 Å². The van der Waals surface area contributed by atoms with Gasteiger partial charge in [0.25, 0.3) is 0 Å². The fourth-order valence-corrected chi connectivity index (χ4v) is 3.18. The van der Waals surface area contributed by atoms with Crippen molar-refractivity contribution < 1.29 is 0 Å². The van der Waals surface area contributed by atoms with Crippen LogP contribution in [0.15, 0.2) is 18.2 Å². The first-order valence-electron chi connectivity index (χ1n) is 5.73. The Morgan fingerprint density at radius 2 is 2.33 bits per heavy atom. The highest BCUT2D eigenvalue weighted by Gasteiger charge is 2.14. The van der Waals surface area contributed by atoms with E-state index in [1.165, 1.54) is 34.7 Å². The first-order chi connectivity index (χ1) is 7.29. The Morgan fingerprint density at radius 1 is 1.47 bits per heavy atom. The van der Waals surface area contributed by atoms with Gasteiger partial charge in [0.1, 0.15) is 0 Å². The quantitative estimate of drug-likeness (QED) is 0.838. The highest BCUT2D eigenvalue weighted by molar-refractivity contribution is 7.99. The lowest BCUT2D eigenvalue weighted by molar-refractivity contribution is 0.812. The first-order valence-corrected chi connectivity index (χ1v) is 6.89. The Balaban J connectivity index is 2.07. The van der Waals surface area contributed by atoms with Gasteiger partial charge in [0, 0.05) is 17.5 Å². The van der Waals surface area contributed by atoms with Crippen LogP contribution in [0.3, 0.4) is 0 Å². The van der Waals surface area contributed by atoms with E-state index >= 15 is 0 Å². The molecular formula is C13H19NS. The summed E-state index contributed by atoms with van der Waals surface area (Å²) in [4.78, 5) is 0. The Kier molecular flexibility index (Phi) is 3.57. The minimum atomic E-state index is 0.683. The molecule has 0 aromatic heterocycles. The summed E-state index contributed by atoms with van der Waals surface area (Å²) in [6.07, 6.45) is 2.43. The van der Waals surface area contributed by atoms with E-state index in [0.29, 0.717) is 6.04 Å². The monoisotopic (exact) mass is 221 g/mol. The zero-order valence-corrected chi connectivity index (χ0v) is 10.4. The molecule has 0 radical (unpaired) electrons. The standard InChI is InChI=1S/C13H19NS/c1-3-11-8-12(5-4-10(11)2)14-13-6-7-15-9-13/h4-5,8,13-14H,3,6-7,9H2,1-2H3. The number of thioether (sulfide) groups is 1. The van der Waals surface area contributed by atoms with Crippen LogP contribution in [0.25, 0.3) is 0 Å². The number of hydrogen-bond acceptors (Lipinski definition) is 2. The predicted octanol–water partition coefficient (Wildman–Crippen LogP) is 3.47. The predicted molar refractivity (Wildman–Crippen MR) is 69.9 cm³/mol. The normalized spacial score (nSPS) is 20.5. The van der Waals surface area contributed by atoms with E-state index in [9.17, 15) is 0 Å². The molecule has 1 N–H and O–H groups in total. The summed E-state index contributed by atoms with van der Waals surface area (Å²) in [5.41, 5.74) is 4.17. The molecule has 0 amide bonds. The largest absolute Gasteiger partial charge is 0.381 e. The van der Waals surface area contributed by atoms with Crippen LogP contribution in [0.2, 0.25) is 0 Å². The topological polar surface area (TPSA) is 12.0 Å². The van der Waals surface area contributed by atoms with Gasteiger partial charge in [-0.3, -0.25) is 0 Å². The Morgan fingerprint density at radius 3 is 3.00 bits per heavy atom. The summed E-state index contributed by atoms with van der Waals surface area (Å²) in [5, 5.41) is 3.62. The Hall–Kier alpha value is -0.630. The molecule has 1 saturated heterocycles. The van der Waals surface area contributed by atoms with Gasteiger partial charge < -0.3 is 5.32 Å². The minimum Gasteiger partial charge on any atom is -0.381 e. The molecule has 0 spiro atoms. The highest BCUT2D eigenvalue weighted by Crippen LogP contribution is 2.23. The lowest BCUT2D eigenvalue weighted by atomic mass is 10.1. The molecule has 15 heavy (non-hydrogen) atoms. The van der Waals surface area contributed by atoms with Crippen molar-refractivity contribution in [2.24, 2.45) is 0 Å². The van der Waals surface area contributed by atoms with Crippen LogP contribution in [0.4, 0.5) is 5.69 Å². The minimum absolute atomic E-state index is 0.683. The highest BCUT2D eigenvalue weighted by atomic mass is 32.2. The molecule has 1 aliphatic rings. The number of anilines is 1. The first kappa shape index (κ1) is 10.9. The SMILES string of the molecule is CCc1cc(NC2CCSC2)ccc1C. The molecule has 1 unspecified atom stereocenters. The molecule has 1 heterocycles. The number of rotatable bonds is 3. The lowest BCUT2D eigenvalue weighted by Gasteiger charge is -2.14. The third kappa shape index (κ3) is 2.69. The van der Waals surface area contributed by atoms with Crippen LogP contribution in [0.5, 0.6) is 0 Å². The molecule has 0 saturated carbocycles. The van der Waals surface area contributed by atoms with E-state index in [2.05, 4.69) is 49.1 Å². The van der Waals surface area contributed by atoms with Crippen LogP contribution in [0.1, 0.15) is 24.5 Å². The van der Waals surface area contributed by atoms with Crippen molar-refractivity contribution in [2.75, 3.05) is 16.8 Å². The Labute approximate surface area is 96.7 Å². The second-order valence-corrected chi connectivity index (χ2v) is 5.35. The summed E-state index contributed by atoms with van der Waals surface area (Å²) in [6, 6.07) is 7.42. The van der Waals surface area contributed by atoms with Gasteiger partial charge in [-0.05, 0) is 48.8 Å². The summed E-state index contributed by atoms with van der Waals surface area (Å²) < 4.78 is 0. The maximum absolute atomic E-state index is 3.62. The van der Waals surface area contributed by atoms with Crippen LogP contribution in [-0.4, -0.2) is 17.5 Å². The fraction of sp³-hybridized carbons (Fsp3) is 0.538. The molecule has 1 atom stereocenters. The summed E-state index contributed by atoms with van der Waals surface area (Å²) in [7, 11) is 0. The molecule has 1 aromatic rings. The van der Waals surface area contributed by atoms with Gasteiger partial charge in [0.05, 0.1) is 0 Å². The molecule has 2 rings (SSSR count). The zero-order valence-electron chi connectivity index (χ0n) is 9.55. The Bertz CT molecular complexity index is 329. The summed E-state index contributed by atoms with van der Waals surface area (Å²) >= 11 is 2.05. The van der Waals surface area contributed by atoms with Gasteiger partial charge in [-0.25, -0.2) is 0 Å². The molecule has 82 valence electrons. The average Bonchev–Trinajstić information content (AvgIpc) is 2.73. The maximum atomic E-state index is 3.62. The second-order valence-electron chi connectivity index (χ2n) is 4.20. The molecule has 0 bridgehead atoms. The maximum Gasteiger partial charge on any atom is 0.0359 e. The third-order valence-corrected chi connectivity index (χ3v) is 4.19. The smallest absolute Gasteiger partial charge is 0.0359 e. The number of aryl methyl sites for hydroxylation is 2. The van der Waals surface area contributed by atoms with Crippen molar-refractivity contribution in [3.8, 4) is 0 Å².